The van der Waals surface area contributed by atoms with Crippen LogP contribution in [0.4, 0.5) is 0 Å². The predicted octanol–water partition coefficient (Wildman–Crippen LogP) is 5.00. The van der Waals surface area contributed by atoms with Gasteiger partial charge in [-0.3, -0.25) is 0 Å². The second kappa shape index (κ2) is 9.27. The Balaban J connectivity index is 3.60. The molecule has 0 saturated heterocycles. The summed E-state index contributed by atoms with van der Waals surface area (Å²) in [5.74, 6) is -1.93. The van der Waals surface area contributed by atoms with Gasteiger partial charge < -0.3 is 0 Å². The first-order valence-electron chi connectivity index (χ1n) is 9.07. The first-order chi connectivity index (χ1) is 13.1. The van der Waals surface area contributed by atoms with Gasteiger partial charge in [0.25, 0.3) is 0 Å². The van der Waals surface area contributed by atoms with E-state index in [1.165, 1.54) is 20.8 Å². The van der Waals surface area contributed by atoms with Crippen LogP contribution in [0.2, 0.25) is 44.6 Å². The molecule has 6 nitrogen and oxygen atoms in total. The molecule has 29 heavy (non-hydrogen) atoms. The van der Waals surface area contributed by atoms with Gasteiger partial charge in [0.05, 0.1) is 0 Å². The van der Waals surface area contributed by atoms with E-state index < -0.39 is 50.8 Å². The van der Waals surface area contributed by atoms with Crippen molar-refractivity contribution in [2.45, 2.75) is 65.3 Å². The number of rotatable bonds is 9. The molecule has 1 aliphatic carbocycles. The van der Waals surface area contributed by atoms with Crippen molar-refractivity contribution in [2.75, 3.05) is 0 Å². The minimum atomic E-state index is -3.95. The molecule has 1 atom stereocenters. The summed E-state index contributed by atoms with van der Waals surface area (Å²) in [7, 11) is -5.88. The van der Waals surface area contributed by atoms with Crippen LogP contribution in [-0.4, -0.2) is 34.8 Å². The molecule has 0 spiro atoms. The van der Waals surface area contributed by atoms with Gasteiger partial charge in [0, 0.05) is 0 Å². The third-order valence-electron chi connectivity index (χ3n) is 4.71. The van der Waals surface area contributed by atoms with Crippen molar-refractivity contribution in [2.24, 2.45) is 0 Å². The average molecular weight is 622 g/mol. The number of allylic oxidation sites excluding steroid dienone is 5. The molecule has 0 amide bonds. The fourth-order valence-corrected chi connectivity index (χ4v) is 29.4. The average Bonchev–Trinajstić information content (AvgIpc) is 2.88. The molecule has 0 saturated carbocycles. The van der Waals surface area contributed by atoms with Gasteiger partial charge in [-0.25, -0.2) is 0 Å². The van der Waals surface area contributed by atoms with Crippen molar-refractivity contribution >= 4 is 34.8 Å². The molecule has 0 heterocycles. The van der Waals surface area contributed by atoms with Crippen LogP contribution in [-0.2, 0) is 43.7 Å². The molecule has 0 radical (unpaired) electrons. The molecule has 0 N–H and O–H groups in total. The first kappa shape index (κ1) is 25.8. The monoisotopic (exact) mass is 621 g/mol. The van der Waals surface area contributed by atoms with Crippen LogP contribution in [0.5, 0.6) is 0 Å². The van der Waals surface area contributed by atoms with E-state index in [0.29, 0.717) is 0 Å². The molecule has 0 bridgehead atoms. The summed E-state index contributed by atoms with van der Waals surface area (Å²) in [4.78, 5) is 35.6. The van der Waals surface area contributed by atoms with Crippen LogP contribution < -0.4 is 0 Å². The quantitative estimate of drug-likeness (QED) is 0.267. The van der Waals surface area contributed by atoms with E-state index in [4.69, 9.17) is 13.3 Å². The van der Waals surface area contributed by atoms with Crippen LogP contribution in [0.1, 0.15) is 20.8 Å². The van der Waals surface area contributed by atoms with Gasteiger partial charge in [-0.1, -0.05) is 0 Å². The summed E-state index contributed by atoms with van der Waals surface area (Å²) >= 11 is -2.38. The zero-order valence-electron chi connectivity index (χ0n) is 18.7. The van der Waals surface area contributed by atoms with E-state index in [1.807, 2.05) is 18.2 Å². The maximum atomic E-state index is 11.9. The fourth-order valence-electron chi connectivity index (χ4n) is 4.03. The molecular weight excluding hydrogens is 587 g/mol. The number of hydrogen-bond acceptors (Lipinski definition) is 6. The van der Waals surface area contributed by atoms with E-state index in [-0.39, 0.29) is 9.47 Å². The summed E-state index contributed by atoms with van der Waals surface area (Å²) < 4.78 is 16.2. The van der Waals surface area contributed by atoms with Crippen molar-refractivity contribution < 1.29 is 43.7 Å². The molecule has 0 aromatic rings. The molecule has 0 aromatic carbocycles. The summed E-state index contributed by atoms with van der Waals surface area (Å²) in [6, 6.07) is 1.03. The number of carbonyl (C=O) groups is 3. The van der Waals surface area contributed by atoms with Crippen LogP contribution >= 0.6 is 0 Å². The Morgan fingerprint density at radius 1 is 1.03 bits per heavy atom. The van der Waals surface area contributed by atoms with Gasteiger partial charge in [0.1, 0.15) is 0 Å². The third-order valence-corrected chi connectivity index (χ3v) is 26.0. The van der Waals surface area contributed by atoms with Gasteiger partial charge in [0.15, 0.2) is 0 Å². The Morgan fingerprint density at radius 2 is 1.48 bits per heavy atom. The van der Waals surface area contributed by atoms with E-state index in [9.17, 15) is 14.4 Å². The molecule has 168 valence electrons. The Morgan fingerprint density at radius 3 is 1.83 bits per heavy atom. The van der Waals surface area contributed by atoms with E-state index in [0.717, 1.165) is 11.6 Å². The second-order valence-electron chi connectivity index (χ2n) is 8.15. The number of hydrogen-bond donors (Lipinski definition) is 0. The summed E-state index contributed by atoms with van der Waals surface area (Å²) in [5.41, 5.74) is 1.04. The molecule has 1 rings (SSSR count). The molecule has 0 aliphatic heterocycles. The van der Waals surface area contributed by atoms with Gasteiger partial charge in [-0.05, 0) is 0 Å². The van der Waals surface area contributed by atoms with Crippen molar-refractivity contribution in [1.82, 2.24) is 0 Å². The summed E-state index contributed by atoms with van der Waals surface area (Å²) in [6.07, 6.45) is 8.31. The molecule has 9 heteroatoms. The van der Waals surface area contributed by atoms with Gasteiger partial charge in [-0.15, -0.1) is 0 Å². The van der Waals surface area contributed by atoms with E-state index >= 15 is 0 Å². The Bertz CT molecular complexity index is 710. The van der Waals surface area contributed by atoms with Gasteiger partial charge in [0.2, 0.25) is 0 Å². The molecule has 0 fully saturated rings. The second-order valence-corrected chi connectivity index (χ2v) is 28.5. The van der Waals surface area contributed by atoms with Crippen LogP contribution in [0.25, 0.3) is 0 Å². The van der Waals surface area contributed by atoms with Crippen LogP contribution in [0.15, 0.2) is 36.5 Å². The Labute approximate surface area is 180 Å². The van der Waals surface area contributed by atoms with Crippen molar-refractivity contribution in [3.8, 4) is 0 Å². The molecule has 1 aliphatic rings. The summed E-state index contributed by atoms with van der Waals surface area (Å²) in [6.45, 7) is 12.3. The molecular formula is C20H34O6PtSi2. The topological polar surface area (TPSA) is 78.9 Å². The summed E-state index contributed by atoms with van der Waals surface area (Å²) in [5, 5.41) is 7.04. The predicted molar refractivity (Wildman–Crippen MR) is 116 cm³/mol. The zero-order valence-corrected chi connectivity index (χ0v) is 23.0. The van der Waals surface area contributed by atoms with Gasteiger partial charge >= 0.3 is 180 Å². The van der Waals surface area contributed by atoms with E-state index in [2.05, 4.69) is 41.7 Å². The van der Waals surface area contributed by atoms with Crippen molar-refractivity contribution in [3.63, 3.8) is 0 Å². The molecule has 1 unspecified atom stereocenters. The van der Waals surface area contributed by atoms with E-state index in [1.54, 1.807) is 0 Å². The van der Waals surface area contributed by atoms with Gasteiger partial charge in [-0.2, -0.15) is 0 Å². The Kier molecular flexibility index (Phi) is 8.24. The SMILES string of the molecule is C=CC[Si](C)(C)[C]1([Pt]([CH3])([CH3])[CH3])C=CC=C1C[Si](OC(C)=O)(OC(C)=O)OC(C)=O. The zero-order chi connectivity index (χ0) is 22.7. The number of carbonyl (C=O) groups excluding carboxylic acids is 3. The Hall–Kier alpha value is -1.25. The normalized spacial score (nSPS) is 19.9. The molecule has 0 aromatic heterocycles. The van der Waals surface area contributed by atoms with Crippen molar-refractivity contribution in [3.05, 3.63) is 36.5 Å². The fraction of sp³-hybridized carbons (Fsp3) is 0.550. The van der Waals surface area contributed by atoms with Crippen LogP contribution in [0, 0.1) is 0 Å². The first-order valence-corrected chi connectivity index (χ1v) is 22.2. The standard InChI is InChI=1S/C17H25O6Si2.3CH3.Pt/c1-7-11-24(5,6)17-10-8-9-16(17)12-25(21-13(2)18,22-14(3)19)23-15(4)20;;;;/h7-10H,1,11-12H2,2-6H3;3*1H3;. The van der Waals surface area contributed by atoms with Crippen LogP contribution in [0.3, 0.4) is 0 Å². The maximum absolute atomic E-state index is 11.9. The minimum absolute atomic E-state index is 0.118. The van der Waals surface area contributed by atoms with Crippen molar-refractivity contribution in [1.29, 1.82) is 0 Å². The third kappa shape index (κ3) is 5.67.